The van der Waals surface area contributed by atoms with Gasteiger partial charge in [-0.15, -0.1) is 11.3 Å². The summed E-state index contributed by atoms with van der Waals surface area (Å²) in [5, 5.41) is 3.54. The molecule has 0 amide bonds. The number of hydrogen-bond acceptors (Lipinski definition) is 2. The SMILES string of the molecule is CCNC(c1ccc(Br)c(C)c1)c1cc(C)c(Cl)s1. The molecular weight excluding hydrogens is 342 g/mol. The number of aryl methyl sites for hydroxylation is 2. The van der Waals surface area contributed by atoms with Gasteiger partial charge >= 0.3 is 0 Å². The van der Waals surface area contributed by atoms with Gasteiger partial charge in [-0.25, -0.2) is 0 Å². The minimum Gasteiger partial charge on any atom is -0.306 e. The lowest BCUT2D eigenvalue weighted by Crippen LogP contribution is -2.21. The average molecular weight is 359 g/mol. The molecule has 0 aliphatic rings. The number of thiophene rings is 1. The highest BCUT2D eigenvalue weighted by Crippen LogP contribution is 2.35. The summed E-state index contributed by atoms with van der Waals surface area (Å²) in [6, 6.07) is 8.88. The molecule has 0 aliphatic carbocycles. The van der Waals surface area contributed by atoms with Crippen LogP contribution in [0.5, 0.6) is 0 Å². The van der Waals surface area contributed by atoms with E-state index < -0.39 is 0 Å². The molecule has 0 fully saturated rings. The van der Waals surface area contributed by atoms with Gasteiger partial charge in [0.15, 0.2) is 0 Å². The summed E-state index contributed by atoms with van der Waals surface area (Å²) in [5.41, 5.74) is 3.68. The molecule has 1 aromatic heterocycles. The van der Waals surface area contributed by atoms with Crippen LogP contribution >= 0.6 is 38.9 Å². The molecule has 0 radical (unpaired) electrons. The molecule has 0 aliphatic heterocycles. The minimum atomic E-state index is 0.216. The Labute approximate surface area is 132 Å². The lowest BCUT2D eigenvalue weighted by molar-refractivity contribution is 0.639. The molecule has 0 bridgehead atoms. The molecule has 1 N–H and O–H groups in total. The summed E-state index contributed by atoms with van der Waals surface area (Å²) in [5.74, 6) is 0. The standard InChI is InChI=1S/C15H17BrClNS/c1-4-18-14(13-8-10(3)15(17)19-13)11-5-6-12(16)9(2)7-11/h5-8,14,18H,4H2,1-3H3. The van der Waals surface area contributed by atoms with E-state index in [1.165, 1.54) is 16.0 Å². The molecule has 4 heteroatoms. The van der Waals surface area contributed by atoms with Gasteiger partial charge in [-0.2, -0.15) is 0 Å². The van der Waals surface area contributed by atoms with Crippen molar-refractivity contribution in [2.24, 2.45) is 0 Å². The van der Waals surface area contributed by atoms with Crippen LogP contribution in [-0.4, -0.2) is 6.54 Å². The molecular formula is C15H17BrClNS. The van der Waals surface area contributed by atoms with Crippen LogP contribution in [0.15, 0.2) is 28.7 Å². The first-order valence-corrected chi connectivity index (χ1v) is 8.27. The number of nitrogens with one attached hydrogen (secondary N) is 1. The molecule has 0 spiro atoms. The summed E-state index contributed by atoms with van der Waals surface area (Å²) in [7, 11) is 0. The van der Waals surface area contributed by atoms with Crippen LogP contribution in [0.25, 0.3) is 0 Å². The second-order valence-corrected chi connectivity index (χ2v) is 7.14. The molecule has 1 heterocycles. The monoisotopic (exact) mass is 357 g/mol. The zero-order valence-corrected chi connectivity index (χ0v) is 14.4. The Morgan fingerprint density at radius 2 is 2.00 bits per heavy atom. The number of hydrogen-bond donors (Lipinski definition) is 1. The molecule has 1 unspecified atom stereocenters. The van der Waals surface area contributed by atoms with Gasteiger partial charge in [-0.1, -0.05) is 46.6 Å². The van der Waals surface area contributed by atoms with Gasteiger partial charge in [0.2, 0.25) is 0 Å². The summed E-state index contributed by atoms with van der Waals surface area (Å²) >= 11 is 11.4. The van der Waals surface area contributed by atoms with E-state index in [-0.39, 0.29) is 6.04 Å². The summed E-state index contributed by atoms with van der Waals surface area (Å²) in [6.45, 7) is 7.22. The van der Waals surface area contributed by atoms with Crippen molar-refractivity contribution in [3.63, 3.8) is 0 Å². The first-order valence-electron chi connectivity index (χ1n) is 6.28. The van der Waals surface area contributed by atoms with E-state index in [1.807, 2.05) is 0 Å². The van der Waals surface area contributed by atoms with E-state index in [9.17, 15) is 0 Å². The fourth-order valence-electron chi connectivity index (χ4n) is 2.06. The van der Waals surface area contributed by atoms with E-state index >= 15 is 0 Å². The number of rotatable bonds is 4. The minimum absolute atomic E-state index is 0.216. The molecule has 0 saturated heterocycles. The molecule has 1 nitrogen and oxygen atoms in total. The maximum Gasteiger partial charge on any atom is 0.0961 e. The molecule has 2 rings (SSSR count). The van der Waals surface area contributed by atoms with Crippen molar-refractivity contribution < 1.29 is 0 Å². The lowest BCUT2D eigenvalue weighted by atomic mass is 10.0. The first kappa shape index (κ1) is 15.0. The Balaban J connectivity index is 2.41. The largest absolute Gasteiger partial charge is 0.306 e. The summed E-state index contributed by atoms with van der Waals surface area (Å²) < 4.78 is 2.03. The van der Waals surface area contributed by atoms with Gasteiger partial charge < -0.3 is 5.32 Å². The Kier molecular flexibility index (Phi) is 5.07. The van der Waals surface area contributed by atoms with Crippen molar-refractivity contribution in [2.45, 2.75) is 26.8 Å². The van der Waals surface area contributed by atoms with Gasteiger partial charge in [0.05, 0.1) is 10.4 Å². The third kappa shape index (κ3) is 3.40. The van der Waals surface area contributed by atoms with Crippen LogP contribution in [0.2, 0.25) is 4.34 Å². The highest BCUT2D eigenvalue weighted by Gasteiger charge is 2.17. The molecule has 1 aromatic carbocycles. The van der Waals surface area contributed by atoms with E-state index in [2.05, 4.69) is 66.3 Å². The van der Waals surface area contributed by atoms with Gasteiger partial charge in [-0.3, -0.25) is 0 Å². The molecule has 2 aromatic rings. The number of benzene rings is 1. The fraction of sp³-hybridized carbons (Fsp3) is 0.333. The first-order chi connectivity index (χ1) is 9.02. The average Bonchev–Trinajstić information content (AvgIpc) is 2.70. The van der Waals surface area contributed by atoms with Crippen LogP contribution in [0.1, 0.15) is 34.5 Å². The maximum absolute atomic E-state index is 6.20. The van der Waals surface area contributed by atoms with Crippen molar-refractivity contribution in [2.75, 3.05) is 6.54 Å². The van der Waals surface area contributed by atoms with Gasteiger partial charge in [0.1, 0.15) is 0 Å². The molecule has 19 heavy (non-hydrogen) atoms. The molecule has 102 valence electrons. The molecule has 0 saturated carbocycles. The van der Waals surface area contributed by atoms with Crippen LogP contribution < -0.4 is 5.32 Å². The normalized spacial score (nSPS) is 12.7. The van der Waals surface area contributed by atoms with Crippen LogP contribution in [0.4, 0.5) is 0 Å². The second-order valence-electron chi connectivity index (χ2n) is 4.60. The Morgan fingerprint density at radius 3 is 2.53 bits per heavy atom. The predicted molar refractivity (Wildman–Crippen MR) is 88.5 cm³/mol. The quantitative estimate of drug-likeness (QED) is 0.763. The smallest absolute Gasteiger partial charge is 0.0961 e. The van der Waals surface area contributed by atoms with E-state index in [0.717, 1.165) is 20.9 Å². The van der Waals surface area contributed by atoms with E-state index in [1.54, 1.807) is 11.3 Å². The summed E-state index contributed by atoms with van der Waals surface area (Å²) in [6.07, 6.45) is 0. The highest BCUT2D eigenvalue weighted by molar-refractivity contribution is 9.10. The summed E-state index contributed by atoms with van der Waals surface area (Å²) in [4.78, 5) is 1.27. The predicted octanol–water partition coefficient (Wildman–Crippen LogP) is 5.48. The van der Waals surface area contributed by atoms with Gasteiger partial charge in [0, 0.05) is 9.35 Å². The van der Waals surface area contributed by atoms with Crippen molar-refractivity contribution >= 4 is 38.9 Å². The van der Waals surface area contributed by atoms with Crippen molar-refractivity contribution in [3.05, 3.63) is 54.6 Å². The Bertz CT molecular complexity index is 560. The third-order valence-corrected chi connectivity index (χ3v) is 5.59. The van der Waals surface area contributed by atoms with Crippen LogP contribution in [-0.2, 0) is 0 Å². The number of halogens is 2. The van der Waals surface area contributed by atoms with E-state index in [0.29, 0.717) is 0 Å². The van der Waals surface area contributed by atoms with Crippen molar-refractivity contribution in [1.29, 1.82) is 0 Å². The lowest BCUT2D eigenvalue weighted by Gasteiger charge is -2.18. The maximum atomic E-state index is 6.20. The zero-order chi connectivity index (χ0) is 14.0. The van der Waals surface area contributed by atoms with Gasteiger partial charge in [-0.05, 0) is 49.2 Å². The van der Waals surface area contributed by atoms with Gasteiger partial charge in [0.25, 0.3) is 0 Å². The van der Waals surface area contributed by atoms with Crippen LogP contribution in [0, 0.1) is 13.8 Å². The topological polar surface area (TPSA) is 12.0 Å². The fourth-order valence-corrected chi connectivity index (χ4v) is 3.63. The molecule has 1 atom stereocenters. The Hall–Kier alpha value is -0.350. The second kappa shape index (κ2) is 6.40. The zero-order valence-electron chi connectivity index (χ0n) is 11.3. The van der Waals surface area contributed by atoms with Crippen molar-refractivity contribution in [3.8, 4) is 0 Å². The van der Waals surface area contributed by atoms with E-state index in [4.69, 9.17) is 11.6 Å². The van der Waals surface area contributed by atoms with Crippen LogP contribution in [0.3, 0.4) is 0 Å². The highest BCUT2D eigenvalue weighted by atomic mass is 79.9. The van der Waals surface area contributed by atoms with Crippen molar-refractivity contribution in [1.82, 2.24) is 5.32 Å². The Morgan fingerprint density at radius 1 is 1.26 bits per heavy atom. The third-order valence-electron chi connectivity index (χ3n) is 3.08.